The van der Waals surface area contributed by atoms with Gasteiger partial charge in [-0.05, 0) is 47.2 Å². The smallest absolute Gasteiger partial charge is 0.264 e. The number of hydrogen-bond donors (Lipinski definition) is 1. The van der Waals surface area contributed by atoms with Gasteiger partial charge in [-0.2, -0.15) is 0 Å². The van der Waals surface area contributed by atoms with Crippen molar-refractivity contribution in [3.05, 3.63) is 82.0 Å². The molecule has 4 rings (SSSR count). The largest absolute Gasteiger partial charge is 0.481 e. The third-order valence-corrected chi connectivity index (χ3v) is 7.72. The van der Waals surface area contributed by atoms with Crippen molar-refractivity contribution in [3.8, 4) is 5.88 Å². The van der Waals surface area contributed by atoms with E-state index in [1.54, 1.807) is 30.5 Å². The minimum Gasteiger partial charge on any atom is -0.481 e. The molecule has 7 nitrogen and oxygen atoms in total. The molecule has 1 aromatic heterocycles. The highest BCUT2D eigenvalue weighted by molar-refractivity contribution is 8.01. The lowest BCUT2D eigenvalue weighted by molar-refractivity contribution is 0.0641. The molecule has 9 heteroatoms. The molecule has 1 aliphatic heterocycles. The van der Waals surface area contributed by atoms with E-state index in [0.717, 1.165) is 10.5 Å². The summed E-state index contributed by atoms with van der Waals surface area (Å²) in [7, 11) is -1.58. The maximum absolute atomic E-state index is 13.6. The number of imide groups is 1. The molecule has 0 spiro atoms. The Balaban J connectivity index is 1.68. The van der Waals surface area contributed by atoms with E-state index in [0.29, 0.717) is 16.3 Å². The first-order chi connectivity index (χ1) is 16.4. The summed E-state index contributed by atoms with van der Waals surface area (Å²) in [6, 6.07) is 13.8. The maximum atomic E-state index is 13.6. The van der Waals surface area contributed by atoms with Crippen LogP contribution in [0.2, 0.25) is 5.02 Å². The molecule has 0 radical (unpaired) electrons. The van der Waals surface area contributed by atoms with Gasteiger partial charge in [0.2, 0.25) is 5.88 Å². The van der Waals surface area contributed by atoms with Gasteiger partial charge in [0.25, 0.3) is 11.8 Å². The van der Waals surface area contributed by atoms with E-state index < -0.39 is 21.5 Å². The van der Waals surface area contributed by atoms with Gasteiger partial charge in [-0.15, -0.1) is 0 Å². The first kappa shape index (κ1) is 24.8. The second-order valence-electron chi connectivity index (χ2n) is 9.26. The van der Waals surface area contributed by atoms with Crippen molar-refractivity contribution in [2.75, 3.05) is 11.8 Å². The molecular weight excluding hydrogens is 486 g/mol. The number of rotatable bonds is 6. The molecule has 182 valence electrons. The Hall–Kier alpha value is -3.36. The molecule has 2 aromatic carbocycles. The Labute approximate surface area is 210 Å². The van der Waals surface area contributed by atoms with Gasteiger partial charge in [-0.25, -0.2) is 9.19 Å². The van der Waals surface area contributed by atoms with Crippen LogP contribution in [0.5, 0.6) is 5.88 Å². The van der Waals surface area contributed by atoms with E-state index in [2.05, 4.69) is 36.3 Å². The molecular formula is C26H26ClN3O4S. The number of anilines is 1. The fourth-order valence-corrected chi connectivity index (χ4v) is 5.37. The van der Waals surface area contributed by atoms with Crippen molar-refractivity contribution in [3.63, 3.8) is 0 Å². The fourth-order valence-electron chi connectivity index (χ4n) is 3.91. The lowest BCUT2D eigenvalue weighted by atomic mass is 9.87. The molecule has 0 saturated heterocycles. The predicted octanol–water partition coefficient (Wildman–Crippen LogP) is 4.94. The Bertz CT molecular complexity index is 1430. The molecule has 1 N–H and O–H groups in total. The predicted molar refractivity (Wildman–Crippen MR) is 139 cm³/mol. The number of amides is 2. The summed E-state index contributed by atoms with van der Waals surface area (Å²) in [6.45, 7) is 6.23. The van der Waals surface area contributed by atoms with Crippen LogP contribution >= 0.6 is 11.6 Å². The van der Waals surface area contributed by atoms with E-state index in [-0.39, 0.29) is 33.8 Å². The van der Waals surface area contributed by atoms with Crippen molar-refractivity contribution < 1.29 is 18.5 Å². The van der Waals surface area contributed by atoms with Crippen molar-refractivity contribution in [1.29, 1.82) is 0 Å². The summed E-state index contributed by atoms with van der Waals surface area (Å²) in [6.07, 6.45) is 1.56. The monoisotopic (exact) mass is 511 g/mol. The molecule has 1 aliphatic rings. The lowest BCUT2D eigenvalue weighted by Crippen LogP contribution is -2.29. The summed E-state index contributed by atoms with van der Waals surface area (Å²) in [5.74, 6) is 3.09. The number of fused-ring (bicyclic) bond motifs is 1. The summed E-state index contributed by atoms with van der Waals surface area (Å²) in [4.78, 5) is 32.3. The summed E-state index contributed by atoms with van der Waals surface area (Å²) < 4.78 is 21.7. The summed E-state index contributed by atoms with van der Waals surface area (Å²) >= 11 is 6.33. The molecule has 1 unspecified atom stereocenters. The molecule has 35 heavy (non-hydrogen) atoms. The summed E-state index contributed by atoms with van der Waals surface area (Å²) in [5, 5.41) is 0.134. The van der Waals surface area contributed by atoms with Gasteiger partial charge in [0.15, 0.2) is 0 Å². The van der Waals surface area contributed by atoms with E-state index in [1.165, 1.54) is 19.2 Å². The Kier molecular flexibility index (Phi) is 6.38. The van der Waals surface area contributed by atoms with E-state index in [1.807, 2.05) is 12.1 Å². The van der Waals surface area contributed by atoms with Gasteiger partial charge in [0, 0.05) is 16.7 Å². The maximum Gasteiger partial charge on any atom is 0.264 e. The number of benzene rings is 2. The van der Waals surface area contributed by atoms with Crippen molar-refractivity contribution in [2.24, 2.45) is 0 Å². The highest BCUT2D eigenvalue weighted by Crippen LogP contribution is 2.37. The molecule has 3 aromatic rings. The molecule has 1 atom stereocenters. The van der Waals surface area contributed by atoms with Crippen LogP contribution in [-0.4, -0.2) is 38.9 Å². The zero-order valence-electron chi connectivity index (χ0n) is 19.9. The third kappa shape index (κ3) is 4.63. The van der Waals surface area contributed by atoms with Gasteiger partial charge in [-0.1, -0.05) is 50.6 Å². The van der Waals surface area contributed by atoms with Gasteiger partial charge in [-0.3, -0.25) is 14.5 Å². The average molecular weight is 512 g/mol. The highest BCUT2D eigenvalue weighted by atomic mass is 35.5. The molecule has 0 aliphatic carbocycles. The van der Waals surface area contributed by atoms with Crippen molar-refractivity contribution in [2.45, 2.75) is 37.6 Å². The highest BCUT2D eigenvalue weighted by Gasteiger charge is 2.40. The average Bonchev–Trinajstić information content (AvgIpc) is 3.06. The number of nitrogens with zero attached hydrogens (tertiary/aromatic N) is 2. The van der Waals surface area contributed by atoms with Crippen molar-refractivity contribution in [1.82, 2.24) is 9.88 Å². The third-order valence-electron chi connectivity index (χ3n) is 5.82. The number of halogens is 1. The SMILES string of the molecule is C=S(=O)(Nc1ccc(Cl)c2c1C(=O)N(Cc1cccnc1OC)C2=O)c1ccc(C(C)(C)C)cc1. The van der Waals surface area contributed by atoms with E-state index in [4.69, 9.17) is 16.3 Å². The zero-order chi connectivity index (χ0) is 25.5. The molecule has 0 bridgehead atoms. The van der Waals surface area contributed by atoms with Crippen LogP contribution in [0.25, 0.3) is 0 Å². The van der Waals surface area contributed by atoms with E-state index in [9.17, 15) is 13.8 Å². The second kappa shape index (κ2) is 9.02. The quantitative estimate of drug-likeness (QED) is 0.374. The summed E-state index contributed by atoms with van der Waals surface area (Å²) in [5.41, 5.74) is 1.94. The fraction of sp³-hybridized carbons (Fsp3) is 0.231. The number of ether oxygens (including phenoxy) is 1. The first-order valence-corrected chi connectivity index (χ1v) is 13.0. The van der Waals surface area contributed by atoms with Gasteiger partial charge >= 0.3 is 0 Å². The van der Waals surface area contributed by atoms with Crippen LogP contribution in [0.1, 0.15) is 52.6 Å². The number of carbonyl (C=O) groups is 2. The van der Waals surface area contributed by atoms with Crippen LogP contribution in [0.4, 0.5) is 5.69 Å². The molecule has 2 amide bonds. The minimum atomic E-state index is -3.04. The Morgan fingerprint density at radius 1 is 1.06 bits per heavy atom. The lowest BCUT2D eigenvalue weighted by Gasteiger charge is -2.20. The van der Waals surface area contributed by atoms with Crippen molar-refractivity contribution >= 4 is 44.7 Å². The van der Waals surface area contributed by atoms with Crippen LogP contribution in [0, 0.1) is 0 Å². The number of pyridine rings is 1. The Morgan fingerprint density at radius 2 is 1.71 bits per heavy atom. The first-order valence-electron chi connectivity index (χ1n) is 10.9. The van der Waals surface area contributed by atoms with Gasteiger partial charge in [0.05, 0.1) is 45.2 Å². The van der Waals surface area contributed by atoms with Gasteiger partial charge in [0.1, 0.15) is 0 Å². The van der Waals surface area contributed by atoms with Crippen LogP contribution in [-0.2, 0) is 21.7 Å². The molecule has 2 heterocycles. The second-order valence-corrected chi connectivity index (χ2v) is 11.7. The number of aromatic nitrogens is 1. The molecule has 0 fully saturated rings. The number of hydrogen-bond acceptors (Lipinski definition) is 5. The van der Waals surface area contributed by atoms with Crippen LogP contribution < -0.4 is 9.46 Å². The standard InChI is InChI=1S/C26H26ClN3O4S/c1-26(2,3)17-8-10-18(11-9-17)35(5,33)29-20-13-12-19(27)21-22(20)25(32)30(24(21)31)15-16-7-6-14-28-23(16)34-4/h6-14H,5,15H2,1-4H3,(H,29,33). The number of nitrogens with one attached hydrogen (secondary N) is 1. The normalized spacial score (nSPS) is 15.1. The minimum absolute atomic E-state index is 0.0485. The van der Waals surface area contributed by atoms with Crippen LogP contribution in [0.15, 0.2) is 59.6 Å². The van der Waals surface area contributed by atoms with Gasteiger partial charge < -0.3 is 9.46 Å². The number of carbonyl (C=O) groups excluding carboxylic acids is 2. The van der Waals surface area contributed by atoms with Crippen LogP contribution in [0.3, 0.4) is 0 Å². The Morgan fingerprint density at radius 3 is 2.34 bits per heavy atom. The zero-order valence-corrected chi connectivity index (χ0v) is 21.5. The number of methoxy groups -OCH3 is 1. The topological polar surface area (TPSA) is 88.6 Å². The van der Waals surface area contributed by atoms with E-state index >= 15 is 0 Å². The molecule has 0 saturated carbocycles.